The third kappa shape index (κ3) is 4.98. The number of nitrogens with zero attached hydrogens (tertiary/aromatic N) is 4. The highest BCUT2D eigenvalue weighted by atomic mass is 15.3. The third-order valence-electron chi connectivity index (χ3n) is 13.1. The molecule has 2 unspecified atom stereocenters. The molecule has 2 aliphatic carbocycles. The quantitative estimate of drug-likeness (QED) is 0.148. The van der Waals surface area contributed by atoms with E-state index >= 15 is 0 Å². The molecule has 0 saturated heterocycles. The Morgan fingerprint density at radius 3 is 1.71 bits per heavy atom. The Balaban J connectivity index is 1.09. The zero-order valence-corrected chi connectivity index (χ0v) is 32.8. The maximum atomic E-state index is 4.95. The molecule has 8 aromatic rings. The third-order valence-corrected chi connectivity index (χ3v) is 13.1. The van der Waals surface area contributed by atoms with Gasteiger partial charge in [-0.2, -0.15) is 0 Å². The van der Waals surface area contributed by atoms with E-state index in [1.54, 1.807) is 0 Å². The number of anilines is 4. The van der Waals surface area contributed by atoms with Gasteiger partial charge in [-0.05, 0) is 135 Å². The van der Waals surface area contributed by atoms with Crippen LogP contribution in [0.3, 0.4) is 0 Å². The van der Waals surface area contributed by atoms with Crippen LogP contribution >= 0.6 is 0 Å². The number of pyridine rings is 2. The topological polar surface area (TPSA) is 32.3 Å². The summed E-state index contributed by atoms with van der Waals surface area (Å²) < 4.78 is 0. The van der Waals surface area contributed by atoms with Crippen LogP contribution < -0.4 is 9.80 Å². The van der Waals surface area contributed by atoms with E-state index in [4.69, 9.17) is 9.97 Å². The standard InChI is InChI=1S/C52H46N4/c1-6-51(5,55(48-20-12-14-28-53-48)40-25-22-35-16-8-10-18-37(35)30-40)39-24-27-42-43-33-46-47(34-45(43)50(3,4)44(42)32-39)52(46,7-2)56(49-21-13-15-29-54-49)41-26-23-36-17-9-11-19-38(36)31-41/h8-34H,6-7H2,1-5H3. The number of aromatic nitrogens is 2. The Kier molecular flexibility index (Phi) is 7.73. The lowest BCUT2D eigenvalue weighted by Crippen LogP contribution is -2.41. The largest absolute Gasteiger partial charge is 0.316 e. The predicted octanol–water partition coefficient (Wildman–Crippen LogP) is 13.4. The van der Waals surface area contributed by atoms with Gasteiger partial charge in [0.1, 0.15) is 11.6 Å². The second-order valence-electron chi connectivity index (χ2n) is 16.3. The summed E-state index contributed by atoms with van der Waals surface area (Å²) in [5, 5.41) is 4.94. The van der Waals surface area contributed by atoms with Crippen LogP contribution in [-0.4, -0.2) is 9.97 Å². The lowest BCUT2D eigenvalue weighted by molar-refractivity contribution is 0.459. The molecule has 4 heteroatoms. The highest BCUT2D eigenvalue weighted by molar-refractivity contribution is 5.91. The first-order valence-electron chi connectivity index (χ1n) is 20.0. The molecular weight excluding hydrogens is 681 g/mol. The molecule has 0 N–H and O–H groups in total. The average molecular weight is 727 g/mol. The fourth-order valence-corrected chi connectivity index (χ4v) is 9.80. The lowest BCUT2D eigenvalue weighted by atomic mass is 9.79. The van der Waals surface area contributed by atoms with Crippen molar-refractivity contribution in [2.24, 2.45) is 0 Å². The van der Waals surface area contributed by atoms with E-state index in [2.05, 4.69) is 184 Å². The van der Waals surface area contributed by atoms with Crippen LogP contribution in [0.25, 0.3) is 32.7 Å². The molecule has 0 bridgehead atoms. The normalized spacial score (nSPS) is 17.2. The number of hydrogen-bond acceptors (Lipinski definition) is 4. The van der Waals surface area contributed by atoms with Crippen molar-refractivity contribution in [2.45, 2.75) is 64.0 Å². The summed E-state index contributed by atoms with van der Waals surface area (Å²) >= 11 is 0. The minimum Gasteiger partial charge on any atom is -0.316 e. The maximum Gasteiger partial charge on any atom is 0.133 e. The van der Waals surface area contributed by atoms with E-state index < -0.39 is 0 Å². The van der Waals surface area contributed by atoms with Gasteiger partial charge < -0.3 is 9.80 Å². The van der Waals surface area contributed by atoms with E-state index in [1.807, 2.05) is 24.5 Å². The summed E-state index contributed by atoms with van der Waals surface area (Å²) in [6.45, 7) is 11.8. The van der Waals surface area contributed by atoms with Crippen LogP contribution in [0, 0.1) is 0 Å². The van der Waals surface area contributed by atoms with E-state index in [9.17, 15) is 0 Å². The molecule has 0 fully saturated rings. The van der Waals surface area contributed by atoms with E-state index in [1.165, 1.54) is 60.5 Å². The molecule has 2 aliphatic rings. The predicted molar refractivity (Wildman–Crippen MR) is 233 cm³/mol. The van der Waals surface area contributed by atoms with Crippen LogP contribution in [0.2, 0.25) is 0 Å². The van der Waals surface area contributed by atoms with Crippen LogP contribution in [-0.2, 0) is 16.5 Å². The highest BCUT2D eigenvalue weighted by Crippen LogP contribution is 2.63. The number of rotatable bonds is 9. The minimum atomic E-state index is -0.371. The Labute approximate surface area is 330 Å². The molecule has 0 aliphatic heterocycles. The molecule has 4 nitrogen and oxygen atoms in total. The molecule has 2 atom stereocenters. The minimum absolute atomic E-state index is 0.190. The fourth-order valence-electron chi connectivity index (χ4n) is 9.80. The summed E-state index contributed by atoms with van der Waals surface area (Å²) in [5.41, 5.74) is 11.0. The summed E-state index contributed by atoms with van der Waals surface area (Å²) in [4.78, 5) is 14.8. The van der Waals surface area contributed by atoms with Crippen LogP contribution in [0.1, 0.15) is 75.3 Å². The second-order valence-corrected chi connectivity index (χ2v) is 16.3. The molecule has 0 saturated carbocycles. The monoisotopic (exact) mass is 726 g/mol. The number of hydrogen-bond donors (Lipinski definition) is 0. The summed E-state index contributed by atoms with van der Waals surface area (Å²) in [7, 11) is 0. The lowest BCUT2D eigenvalue weighted by Gasteiger charge is -2.43. The average Bonchev–Trinajstić information content (AvgIpc) is 3.83. The Hall–Kier alpha value is -6.26. The Bertz CT molecular complexity index is 2790. The first kappa shape index (κ1) is 34.2. The molecular formula is C52H46N4. The van der Waals surface area contributed by atoms with E-state index in [0.717, 1.165) is 35.9 Å². The summed E-state index contributed by atoms with van der Waals surface area (Å²) in [5.74, 6) is 1.91. The van der Waals surface area contributed by atoms with Gasteiger partial charge in [0, 0.05) is 29.2 Å². The highest BCUT2D eigenvalue weighted by Gasteiger charge is 2.56. The van der Waals surface area contributed by atoms with Crippen LogP contribution in [0.5, 0.6) is 0 Å². The summed E-state index contributed by atoms with van der Waals surface area (Å²) in [6, 6.07) is 55.6. The number of benzene rings is 6. The van der Waals surface area contributed by atoms with Gasteiger partial charge in [0.2, 0.25) is 0 Å². The van der Waals surface area contributed by atoms with Crippen molar-refractivity contribution in [3.8, 4) is 11.1 Å². The van der Waals surface area contributed by atoms with Crippen molar-refractivity contribution in [3.05, 3.63) is 192 Å². The van der Waals surface area contributed by atoms with Gasteiger partial charge in [0.05, 0.1) is 11.1 Å². The van der Waals surface area contributed by atoms with Crippen molar-refractivity contribution >= 4 is 44.6 Å². The molecule has 0 radical (unpaired) electrons. The maximum absolute atomic E-state index is 4.95. The van der Waals surface area contributed by atoms with Crippen LogP contribution in [0.15, 0.2) is 164 Å². The molecule has 6 aromatic carbocycles. The molecule has 56 heavy (non-hydrogen) atoms. The molecule has 0 amide bonds. The van der Waals surface area contributed by atoms with E-state index in [-0.39, 0.29) is 16.5 Å². The Morgan fingerprint density at radius 1 is 0.518 bits per heavy atom. The number of fused-ring (bicyclic) bond motifs is 6. The van der Waals surface area contributed by atoms with Gasteiger partial charge in [0.25, 0.3) is 0 Å². The van der Waals surface area contributed by atoms with Crippen molar-refractivity contribution in [2.75, 3.05) is 9.80 Å². The van der Waals surface area contributed by atoms with Crippen molar-refractivity contribution < 1.29 is 0 Å². The van der Waals surface area contributed by atoms with Gasteiger partial charge in [0.15, 0.2) is 0 Å². The fraction of sp³-hybridized carbons (Fsp3) is 0.192. The first-order chi connectivity index (χ1) is 27.3. The molecule has 2 heterocycles. The first-order valence-corrected chi connectivity index (χ1v) is 20.0. The van der Waals surface area contributed by atoms with Gasteiger partial charge in [-0.15, -0.1) is 0 Å². The van der Waals surface area contributed by atoms with Crippen molar-refractivity contribution in [1.82, 2.24) is 9.97 Å². The van der Waals surface area contributed by atoms with E-state index in [0.29, 0.717) is 0 Å². The second kappa shape index (κ2) is 12.6. The van der Waals surface area contributed by atoms with Crippen molar-refractivity contribution in [3.63, 3.8) is 0 Å². The SMILES string of the molecule is CCC(C)(c1ccc2c(c1)C(C)(C)c1cc3c(cc1-2)C3(CC)N(c1ccc2ccccc2c1)c1ccccn1)N(c1ccc2ccccc2c1)c1ccccn1. The van der Waals surface area contributed by atoms with Gasteiger partial charge >= 0.3 is 0 Å². The van der Waals surface area contributed by atoms with Gasteiger partial charge in [-0.25, -0.2) is 9.97 Å². The zero-order valence-electron chi connectivity index (χ0n) is 32.8. The molecule has 0 spiro atoms. The van der Waals surface area contributed by atoms with Gasteiger partial charge in [-0.3, -0.25) is 0 Å². The van der Waals surface area contributed by atoms with Crippen molar-refractivity contribution in [1.29, 1.82) is 0 Å². The molecule has 2 aromatic heterocycles. The molecule has 274 valence electrons. The zero-order chi connectivity index (χ0) is 38.2. The smallest absolute Gasteiger partial charge is 0.133 e. The Morgan fingerprint density at radius 2 is 1.09 bits per heavy atom. The molecule has 10 rings (SSSR count). The summed E-state index contributed by atoms with van der Waals surface area (Å²) in [6.07, 6.45) is 5.65. The van der Waals surface area contributed by atoms with Crippen LogP contribution in [0.4, 0.5) is 23.0 Å². The van der Waals surface area contributed by atoms with Gasteiger partial charge in [-0.1, -0.05) is 125 Å².